The van der Waals surface area contributed by atoms with E-state index < -0.39 is 41.0 Å². The molecule has 0 saturated heterocycles. The molecule has 4 nitrogen and oxygen atoms in total. The van der Waals surface area contributed by atoms with E-state index in [-0.39, 0.29) is 0 Å². The summed E-state index contributed by atoms with van der Waals surface area (Å²) in [5.41, 5.74) is 0.939. The van der Waals surface area contributed by atoms with Crippen LogP contribution in [0.25, 0.3) is 0 Å². The summed E-state index contributed by atoms with van der Waals surface area (Å²) in [6.45, 7) is 0. The predicted molar refractivity (Wildman–Crippen MR) is 100.0 cm³/mol. The number of hydrogen-bond acceptors (Lipinski definition) is 2. The first-order valence-electron chi connectivity index (χ1n) is 8.56. The molecule has 6 heteroatoms. The highest BCUT2D eigenvalue weighted by atomic mass is 19.1. The van der Waals surface area contributed by atoms with Crippen molar-refractivity contribution in [2.75, 3.05) is 0 Å². The monoisotopic (exact) mass is 381 g/mol. The van der Waals surface area contributed by atoms with E-state index in [1.807, 2.05) is 0 Å². The number of halogens is 2. The van der Waals surface area contributed by atoms with Gasteiger partial charge in [0.2, 0.25) is 0 Å². The predicted octanol–water partition coefficient (Wildman–Crippen LogP) is 3.98. The van der Waals surface area contributed by atoms with Crippen molar-refractivity contribution in [1.82, 2.24) is 5.32 Å². The van der Waals surface area contributed by atoms with Gasteiger partial charge in [0, 0.05) is 12.0 Å². The van der Waals surface area contributed by atoms with Crippen LogP contribution in [-0.2, 0) is 4.79 Å². The van der Waals surface area contributed by atoms with Gasteiger partial charge in [0.15, 0.2) is 0 Å². The number of aliphatic carboxylic acids is 1. The first-order chi connectivity index (χ1) is 13.5. The lowest BCUT2D eigenvalue weighted by Crippen LogP contribution is -2.45. The number of carboxylic acid groups (broad SMARTS) is 1. The molecule has 3 aromatic carbocycles. The Hall–Kier alpha value is -3.54. The molecule has 0 fully saturated rings. The summed E-state index contributed by atoms with van der Waals surface area (Å²) in [4.78, 5) is 24.5. The van der Waals surface area contributed by atoms with E-state index in [2.05, 4.69) is 5.32 Å². The Balaban J connectivity index is 2.00. The molecular weight excluding hydrogens is 364 g/mol. The fourth-order valence-electron chi connectivity index (χ4n) is 3.08. The van der Waals surface area contributed by atoms with E-state index in [0.717, 1.165) is 12.1 Å². The van der Waals surface area contributed by atoms with Gasteiger partial charge in [-0.3, -0.25) is 4.79 Å². The second-order valence-corrected chi connectivity index (χ2v) is 6.21. The van der Waals surface area contributed by atoms with Gasteiger partial charge in [0.1, 0.15) is 17.7 Å². The van der Waals surface area contributed by atoms with Crippen LogP contribution < -0.4 is 5.32 Å². The number of carbonyl (C=O) groups excluding carboxylic acids is 1. The maximum absolute atomic E-state index is 14.0. The molecule has 3 rings (SSSR count). The van der Waals surface area contributed by atoms with E-state index in [0.29, 0.717) is 17.2 Å². The second kappa shape index (κ2) is 8.43. The zero-order chi connectivity index (χ0) is 20.1. The molecule has 1 atom stereocenters. The lowest BCUT2D eigenvalue weighted by molar-refractivity contribution is -0.139. The highest BCUT2D eigenvalue weighted by molar-refractivity contribution is 5.97. The summed E-state index contributed by atoms with van der Waals surface area (Å²) < 4.78 is 27.1. The first kappa shape index (κ1) is 19.2. The Kier molecular flexibility index (Phi) is 5.79. The van der Waals surface area contributed by atoms with Crippen molar-refractivity contribution in [3.05, 3.63) is 107 Å². The van der Waals surface area contributed by atoms with Gasteiger partial charge in [0.25, 0.3) is 5.91 Å². The number of hydrogen-bond donors (Lipinski definition) is 2. The van der Waals surface area contributed by atoms with Gasteiger partial charge in [-0.05, 0) is 23.3 Å². The molecular formula is C22H17F2NO3. The zero-order valence-electron chi connectivity index (χ0n) is 14.7. The number of carboxylic acids is 1. The lowest BCUT2D eigenvalue weighted by Gasteiger charge is -2.26. The third-order valence-corrected chi connectivity index (χ3v) is 4.38. The van der Waals surface area contributed by atoms with Crippen molar-refractivity contribution in [3.8, 4) is 0 Å². The van der Waals surface area contributed by atoms with Crippen molar-refractivity contribution in [1.29, 1.82) is 0 Å². The molecule has 0 aromatic heterocycles. The van der Waals surface area contributed by atoms with Crippen molar-refractivity contribution in [3.63, 3.8) is 0 Å². The summed E-state index contributed by atoms with van der Waals surface area (Å²) in [7, 11) is 0. The van der Waals surface area contributed by atoms with E-state index in [1.165, 1.54) is 0 Å². The van der Waals surface area contributed by atoms with Crippen LogP contribution in [0.15, 0.2) is 78.9 Å². The fourth-order valence-corrected chi connectivity index (χ4v) is 3.08. The summed E-state index contributed by atoms with van der Waals surface area (Å²) in [5, 5.41) is 12.2. The average Bonchev–Trinajstić information content (AvgIpc) is 2.69. The maximum atomic E-state index is 14.0. The number of amides is 1. The van der Waals surface area contributed by atoms with Gasteiger partial charge < -0.3 is 10.4 Å². The van der Waals surface area contributed by atoms with Gasteiger partial charge in [-0.2, -0.15) is 0 Å². The minimum Gasteiger partial charge on any atom is -0.480 e. The summed E-state index contributed by atoms with van der Waals surface area (Å²) in [6, 6.07) is 18.9. The number of carbonyl (C=O) groups is 2. The average molecular weight is 381 g/mol. The Morgan fingerprint density at radius 3 is 1.82 bits per heavy atom. The molecule has 2 N–H and O–H groups in total. The molecule has 0 aliphatic heterocycles. The quantitative estimate of drug-likeness (QED) is 0.679. The van der Waals surface area contributed by atoms with Crippen molar-refractivity contribution >= 4 is 11.9 Å². The lowest BCUT2D eigenvalue weighted by atomic mass is 9.85. The Morgan fingerprint density at radius 1 is 0.821 bits per heavy atom. The number of benzene rings is 3. The molecule has 1 amide bonds. The largest absolute Gasteiger partial charge is 0.480 e. The third kappa shape index (κ3) is 4.23. The Morgan fingerprint density at radius 2 is 1.36 bits per heavy atom. The van der Waals surface area contributed by atoms with Crippen LogP contribution in [-0.4, -0.2) is 23.0 Å². The van der Waals surface area contributed by atoms with E-state index in [4.69, 9.17) is 0 Å². The molecule has 0 heterocycles. The van der Waals surface area contributed by atoms with Crippen molar-refractivity contribution < 1.29 is 23.5 Å². The fraction of sp³-hybridized carbons (Fsp3) is 0.0909. The Labute approximate surface area is 160 Å². The van der Waals surface area contributed by atoms with E-state index >= 15 is 0 Å². The highest BCUT2D eigenvalue weighted by Crippen LogP contribution is 2.28. The number of rotatable bonds is 6. The number of nitrogens with one attached hydrogen (secondary N) is 1. The molecule has 0 aliphatic rings. The minimum absolute atomic E-state index is 0.424. The molecule has 0 aliphatic carbocycles. The van der Waals surface area contributed by atoms with Crippen molar-refractivity contribution in [2.24, 2.45) is 0 Å². The van der Waals surface area contributed by atoms with Crippen LogP contribution in [0.2, 0.25) is 0 Å². The SMILES string of the molecule is O=C(N[C@@H](C(=O)O)C(c1ccccc1)c1ccccc1)c1ccc(F)cc1F. The summed E-state index contributed by atoms with van der Waals surface area (Å²) in [6.07, 6.45) is 0. The molecule has 28 heavy (non-hydrogen) atoms. The van der Waals surface area contributed by atoms with Gasteiger partial charge in [-0.25, -0.2) is 13.6 Å². The normalized spacial score (nSPS) is 11.8. The Bertz CT molecular complexity index is 938. The molecule has 0 bridgehead atoms. The van der Waals surface area contributed by atoms with Crippen molar-refractivity contribution in [2.45, 2.75) is 12.0 Å². The topological polar surface area (TPSA) is 66.4 Å². The maximum Gasteiger partial charge on any atom is 0.327 e. The van der Waals surface area contributed by atoms with Gasteiger partial charge >= 0.3 is 5.97 Å². The van der Waals surface area contributed by atoms with E-state index in [9.17, 15) is 23.5 Å². The summed E-state index contributed by atoms with van der Waals surface area (Å²) >= 11 is 0. The van der Waals surface area contributed by atoms with Crippen LogP contribution in [0, 0.1) is 11.6 Å². The van der Waals surface area contributed by atoms with Crippen LogP contribution in [0.4, 0.5) is 8.78 Å². The van der Waals surface area contributed by atoms with Crippen LogP contribution in [0.1, 0.15) is 27.4 Å². The molecule has 0 saturated carbocycles. The van der Waals surface area contributed by atoms with Gasteiger partial charge in [-0.15, -0.1) is 0 Å². The van der Waals surface area contributed by atoms with Crippen LogP contribution in [0.5, 0.6) is 0 Å². The van der Waals surface area contributed by atoms with E-state index in [1.54, 1.807) is 60.7 Å². The molecule has 142 valence electrons. The molecule has 3 aromatic rings. The first-order valence-corrected chi connectivity index (χ1v) is 8.56. The molecule has 0 unspecified atom stereocenters. The molecule has 0 radical (unpaired) electrons. The summed E-state index contributed by atoms with van der Waals surface area (Å²) in [5.74, 6) is -4.78. The van der Waals surface area contributed by atoms with Gasteiger partial charge in [0.05, 0.1) is 5.56 Å². The standard InChI is InChI=1S/C22H17F2NO3/c23-16-11-12-17(18(24)13-16)21(26)25-20(22(27)28)19(14-7-3-1-4-8-14)15-9-5-2-6-10-15/h1-13,19-20H,(H,25,26)(H,27,28)/t20-/m1/s1. The minimum atomic E-state index is -1.36. The third-order valence-electron chi connectivity index (χ3n) is 4.38. The smallest absolute Gasteiger partial charge is 0.327 e. The highest BCUT2D eigenvalue weighted by Gasteiger charge is 2.33. The van der Waals surface area contributed by atoms with Crippen LogP contribution >= 0.6 is 0 Å². The molecule has 0 spiro atoms. The zero-order valence-corrected chi connectivity index (χ0v) is 14.7. The van der Waals surface area contributed by atoms with Crippen LogP contribution in [0.3, 0.4) is 0 Å². The van der Waals surface area contributed by atoms with Gasteiger partial charge in [-0.1, -0.05) is 60.7 Å². The second-order valence-electron chi connectivity index (χ2n) is 6.21.